The van der Waals surface area contributed by atoms with E-state index in [1.165, 1.54) is 5.56 Å². The van der Waals surface area contributed by atoms with Crippen LogP contribution in [0, 0.1) is 0 Å². The Labute approximate surface area is 164 Å². The lowest BCUT2D eigenvalue weighted by Crippen LogP contribution is -2.18. The van der Waals surface area contributed by atoms with Crippen molar-refractivity contribution < 1.29 is 0 Å². The summed E-state index contributed by atoms with van der Waals surface area (Å²) < 4.78 is 0. The van der Waals surface area contributed by atoms with Crippen LogP contribution in [0.15, 0.2) is 97.6 Å². The Hall–Kier alpha value is -3.73. The Balaban J connectivity index is 1.59. The number of benzene rings is 2. The fourth-order valence-electron chi connectivity index (χ4n) is 2.96. The highest BCUT2D eigenvalue weighted by Crippen LogP contribution is 2.26. The molecule has 1 N–H and O–H groups in total. The van der Waals surface area contributed by atoms with Gasteiger partial charge in [-0.3, -0.25) is 4.98 Å². The molecule has 0 saturated carbocycles. The summed E-state index contributed by atoms with van der Waals surface area (Å²) in [5.41, 5.74) is 3.46. The van der Waals surface area contributed by atoms with Crippen molar-refractivity contribution in [2.24, 2.45) is 0 Å². The minimum absolute atomic E-state index is 0.684. The molecular weight excluding hydrogens is 346 g/mol. The molecule has 0 saturated heterocycles. The van der Waals surface area contributed by atoms with Crippen molar-refractivity contribution in [2.45, 2.75) is 13.1 Å². The molecule has 0 unspecified atom stereocenters. The van der Waals surface area contributed by atoms with Gasteiger partial charge in [-0.2, -0.15) is 0 Å². The molecule has 5 heteroatoms. The van der Waals surface area contributed by atoms with E-state index in [0.717, 1.165) is 29.4 Å². The Bertz CT molecular complexity index is 991. The third kappa shape index (κ3) is 4.51. The van der Waals surface area contributed by atoms with Crippen LogP contribution in [0.4, 0.5) is 17.3 Å². The van der Waals surface area contributed by atoms with Crippen LogP contribution < -0.4 is 10.2 Å². The largest absolute Gasteiger partial charge is 0.366 e. The second-order valence-electron chi connectivity index (χ2n) is 6.38. The zero-order valence-electron chi connectivity index (χ0n) is 15.4. The number of hydrogen-bond donors (Lipinski definition) is 1. The first-order chi connectivity index (χ1) is 13.9. The maximum absolute atomic E-state index is 4.53. The Morgan fingerprint density at radius 2 is 1.46 bits per heavy atom. The van der Waals surface area contributed by atoms with Gasteiger partial charge in [-0.15, -0.1) is 0 Å². The summed E-state index contributed by atoms with van der Waals surface area (Å²) in [5.74, 6) is 1.64. The molecule has 4 rings (SSSR count). The van der Waals surface area contributed by atoms with E-state index in [1.807, 2.05) is 42.5 Å². The van der Waals surface area contributed by atoms with E-state index in [2.05, 4.69) is 61.6 Å². The summed E-state index contributed by atoms with van der Waals surface area (Å²) in [7, 11) is 0. The van der Waals surface area contributed by atoms with Crippen molar-refractivity contribution in [3.63, 3.8) is 0 Å². The molecular formula is C23H21N5. The highest BCUT2D eigenvalue weighted by molar-refractivity contribution is 5.62. The summed E-state index contributed by atoms with van der Waals surface area (Å²) >= 11 is 0. The molecule has 5 nitrogen and oxygen atoms in total. The number of nitrogens with zero attached hydrogens (tertiary/aromatic N) is 4. The van der Waals surface area contributed by atoms with Crippen molar-refractivity contribution in [1.82, 2.24) is 15.0 Å². The number of aromatic nitrogens is 3. The highest BCUT2D eigenvalue weighted by Gasteiger charge is 2.12. The van der Waals surface area contributed by atoms with Crippen LogP contribution in [0.25, 0.3) is 0 Å². The van der Waals surface area contributed by atoms with Gasteiger partial charge in [-0.1, -0.05) is 48.5 Å². The summed E-state index contributed by atoms with van der Waals surface area (Å²) in [6.45, 7) is 1.41. The quantitative estimate of drug-likeness (QED) is 0.507. The predicted molar refractivity (Wildman–Crippen MR) is 112 cm³/mol. The summed E-state index contributed by atoms with van der Waals surface area (Å²) in [4.78, 5) is 15.1. The van der Waals surface area contributed by atoms with Gasteiger partial charge >= 0.3 is 0 Å². The Morgan fingerprint density at radius 3 is 2.21 bits per heavy atom. The molecule has 2 aromatic carbocycles. The SMILES string of the molecule is c1ccc(CN(c2ccccc2)c2cc(NCc3ccncc3)ncn2)cc1. The van der Waals surface area contributed by atoms with Gasteiger partial charge in [0.25, 0.3) is 0 Å². The van der Waals surface area contributed by atoms with E-state index in [9.17, 15) is 0 Å². The Morgan fingerprint density at radius 1 is 0.750 bits per heavy atom. The summed E-state index contributed by atoms with van der Waals surface area (Å²) in [6.07, 6.45) is 5.18. The van der Waals surface area contributed by atoms with Gasteiger partial charge in [-0.25, -0.2) is 9.97 Å². The lowest BCUT2D eigenvalue weighted by molar-refractivity contribution is 0.935. The summed E-state index contributed by atoms with van der Waals surface area (Å²) in [6, 6.07) is 26.6. The molecule has 138 valence electrons. The van der Waals surface area contributed by atoms with Gasteiger partial charge in [0.15, 0.2) is 0 Å². The first-order valence-corrected chi connectivity index (χ1v) is 9.20. The van der Waals surface area contributed by atoms with Crippen LogP contribution in [-0.4, -0.2) is 15.0 Å². The smallest absolute Gasteiger partial charge is 0.138 e. The third-order valence-corrected chi connectivity index (χ3v) is 4.40. The molecule has 0 fully saturated rings. The highest BCUT2D eigenvalue weighted by atomic mass is 15.2. The zero-order valence-corrected chi connectivity index (χ0v) is 15.4. The monoisotopic (exact) mass is 367 g/mol. The first-order valence-electron chi connectivity index (χ1n) is 9.20. The molecule has 0 bridgehead atoms. The van der Waals surface area contributed by atoms with Crippen LogP contribution in [0.5, 0.6) is 0 Å². The molecule has 0 atom stereocenters. The van der Waals surface area contributed by atoms with Crippen molar-refractivity contribution in [2.75, 3.05) is 10.2 Å². The van der Waals surface area contributed by atoms with Crippen molar-refractivity contribution >= 4 is 17.3 Å². The molecule has 0 aliphatic heterocycles. The number of rotatable bonds is 7. The average Bonchev–Trinajstić information content (AvgIpc) is 2.78. The van der Waals surface area contributed by atoms with Gasteiger partial charge in [0.2, 0.25) is 0 Å². The number of nitrogens with one attached hydrogen (secondary N) is 1. The maximum Gasteiger partial charge on any atom is 0.138 e. The van der Waals surface area contributed by atoms with Crippen LogP contribution in [-0.2, 0) is 13.1 Å². The van der Waals surface area contributed by atoms with E-state index in [4.69, 9.17) is 0 Å². The second kappa shape index (κ2) is 8.77. The molecule has 0 aliphatic carbocycles. The van der Waals surface area contributed by atoms with E-state index >= 15 is 0 Å². The number of anilines is 3. The predicted octanol–water partition coefficient (Wildman–Crippen LogP) is 4.82. The van der Waals surface area contributed by atoms with Gasteiger partial charge in [-0.05, 0) is 35.4 Å². The zero-order chi connectivity index (χ0) is 19.0. The van der Waals surface area contributed by atoms with E-state index in [-0.39, 0.29) is 0 Å². The minimum Gasteiger partial charge on any atom is -0.366 e. The number of hydrogen-bond acceptors (Lipinski definition) is 5. The molecule has 0 aliphatic rings. The van der Waals surface area contributed by atoms with Crippen LogP contribution in [0.1, 0.15) is 11.1 Å². The molecule has 0 amide bonds. The van der Waals surface area contributed by atoms with Gasteiger partial charge in [0.1, 0.15) is 18.0 Å². The lowest BCUT2D eigenvalue weighted by Gasteiger charge is -2.24. The van der Waals surface area contributed by atoms with Crippen LogP contribution >= 0.6 is 0 Å². The number of pyridine rings is 1. The molecule has 2 aromatic heterocycles. The number of para-hydroxylation sites is 1. The van der Waals surface area contributed by atoms with E-state index < -0.39 is 0 Å². The Kier molecular flexibility index (Phi) is 5.54. The second-order valence-corrected chi connectivity index (χ2v) is 6.38. The molecule has 28 heavy (non-hydrogen) atoms. The van der Waals surface area contributed by atoms with Crippen molar-refractivity contribution in [3.05, 3.63) is 109 Å². The molecule has 0 radical (unpaired) electrons. The normalized spacial score (nSPS) is 10.4. The fraction of sp³-hybridized carbons (Fsp3) is 0.0870. The average molecular weight is 367 g/mol. The minimum atomic E-state index is 0.684. The molecule has 4 aromatic rings. The van der Waals surface area contributed by atoms with Crippen molar-refractivity contribution in [3.8, 4) is 0 Å². The topological polar surface area (TPSA) is 53.9 Å². The summed E-state index contributed by atoms with van der Waals surface area (Å²) in [5, 5.41) is 3.37. The molecule has 2 heterocycles. The maximum atomic E-state index is 4.53. The van der Waals surface area contributed by atoms with E-state index in [1.54, 1.807) is 18.7 Å². The van der Waals surface area contributed by atoms with Gasteiger partial charge in [0, 0.05) is 37.2 Å². The van der Waals surface area contributed by atoms with Gasteiger partial charge < -0.3 is 10.2 Å². The van der Waals surface area contributed by atoms with E-state index in [0.29, 0.717) is 6.54 Å². The van der Waals surface area contributed by atoms with Crippen LogP contribution in [0.3, 0.4) is 0 Å². The molecule has 0 spiro atoms. The van der Waals surface area contributed by atoms with Gasteiger partial charge in [0.05, 0.1) is 0 Å². The first kappa shape index (κ1) is 17.7. The van der Waals surface area contributed by atoms with Crippen molar-refractivity contribution in [1.29, 1.82) is 0 Å². The third-order valence-electron chi connectivity index (χ3n) is 4.40. The standard InChI is InChI=1S/C23H21N5/c1-3-7-20(8-4-1)17-28(21-9-5-2-6-10-21)23-15-22(26-18-27-23)25-16-19-11-13-24-14-12-19/h1-15,18H,16-17H2,(H,25,26,27). The van der Waals surface area contributed by atoms with Crippen LogP contribution in [0.2, 0.25) is 0 Å². The fourth-order valence-corrected chi connectivity index (χ4v) is 2.96. The lowest BCUT2D eigenvalue weighted by atomic mass is 10.2.